The molecule has 0 N–H and O–H groups in total. The maximum Gasteiger partial charge on any atom is 0.143 e. The van der Waals surface area contributed by atoms with Gasteiger partial charge in [-0.1, -0.05) is 200 Å². The van der Waals surface area contributed by atoms with E-state index in [0.717, 1.165) is 134 Å². The first-order valence-electron chi connectivity index (χ1n) is 29.4. The van der Waals surface area contributed by atoms with Crippen molar-refractivity contribution in [3.8, 4) is 39.1 Å². The molecule has 1 atom stereocenters. The van der Waals surface area contributed by atoms with Crippen LogP contribution >= 0.6 is 34.5 Å². The fourth-order valence-corrected chi connectivity index (χ4v) is 15.5. The molecular weight excluding hydrogens is 1140 g/mol. The number of ether oxygens (including phenoxy) is 1. The lowest BCUT2D eigenvalue weighted by Gasteiger charge is -2.40. The van der Waals surface area contributed by atoms with Gasteiger partial charge in [-0.15, -0.1) is 11.3 Å². The lowest BCUT2D eigenvalue weighted by molar-refractivity contribution is 0.398. The zero-order valence-electron chi connectivity index (χ0n) is 47.5. The zero-order chi connectivity index (χ0) is 58.8. The number of hydrogen-bond donors (Lipinski definition) is 0. The van der Waals surface area contributed by atoms with Crippen LogP contribution in [0.1, 0.15) is 23.6 Å². The van der Waals surface area contributed by atoms with E-state index in [2.05, 4.69) is 260 Å². The Bertz CT molecular complexity index is 5450. The summed E-state index contributed by atoms with van der Waals surface area (Å²) in [5, 5.41) is 7.62. The number of hydrogen-bond acceptors (Lipinski definition) is 6. The topological polar surface area (TPSA) is 42.0 Å². The number of allylic oxidation sites excluding steroid dienone is 4. The van der Waals surface area contributed by atoms with Crippen molar-refractivity contribution in [1.29, 1.82) is 0 Å². The second kappa shape index (κ2) is 20.4. The van der Waals surface area contributed by atoms with Gasteiger partial charge < -0.3 is 23.4 Å². The number of thiophene rings is 1. The first-order chi connectivity index (χ1) is 43.3. The first kappa shape index (κ1) is 52.0. The number of anilines is 6. The summed E-state index contributed by atoms with van der Waals surface area (Å²) >= 11 is 15.8. The van der Waals surface area contributed by atoms with Gasteiger partial charge in [-0.2, -0.15) is 0 Å². The highest BCUT2D eigenvalue weighted by atomic mass is 35.5. The largest absolute Gasteiger partial charge is 0.457 e. The lowest BCUT2D eigenvalue weighted by Crippen LogP contribution is -2.33. The van der Waals surface area contributed by atoms with Gasteiger partial charge in [0.25, 0.3) is 0 Å². The number of rotatable bonds is 10. The summed E-state index contributed by atoms with van der Waals surface area (Å²) in [4.78, 5) is 4.84. The van der Waals surface area contributed by atoms with Crippen LogP contribution in [0.3, 0.4) is 0 Å². The molecule has 418 valence electrons. The molecule has 15 aromatic rings. The lowest BCUT2D eigenvalue weighted by atomic mass is 9.66. The molecule has 1 aliphatic carbocycles. The highest BCUT2D eigenvalue weighted by Crippen LogP contribution is 2.64. The number of para-hydroxylation sites is 5. The monoisotopic (exact) mass is 1190 g/mol. The predicted molar refractivity (Wildman–Crippen MR) is 368 cm³/mol. The van der Waals surface area contributed by atoms with Gasteiger partial charge in [0.1, 0.15) is 33.8 Å². The molecule has 0 saturated carbocycles. The van der Waals surface area contributed by atoms with E-state index in [1.165, 1.54) is 20.2 Å². The van der Waals surface area contributed by atoms with Crippen LogP contribution in [0.4, 0.5) is 34.1 Å². The standard InChI is InChI=1S/C80H50Cl2N2O3S/c1-3-50(81)41-73-48(2)80(68-39-37-51(82)42-74(68)85-73)67-40-38-54(83(52-23-9-5-10-24-52)55-46-64-59-29-15-18-36-75(59)88-79(64)65(47-55)61-31-19-30-60-57-27-13-16-34-71(57)86-77(60)61)43-66(67)76-69(80)32-20-33-70(76)84(53-25-11-6-12-26-53)56-44-62(49-21-7-4-8-22-49)78-63(45-56)58-28-14-17-35-72(58)87-78/h3-47H,1H2,2H3/b50-41+. The quantitative estimate of drug-likeness (QED) is 0.128. The van der Waals surface area contributed by atoms with E-state index in [-0.39, 0.29) is 0 Å². The first-order valence-corrected chi connectivity index (χ1v) is 30.9. The van der Waals surface area contributed by atoms with Gasteiger partial charge in [0.2, 0.25) is 0 Å². The molecule has 88 heavy (non-hydrogen) atoms. The molecule has 0 fully saturated rings. The van der Waals surface area contributed by atoms with E-state index >= 15 is 0 Å². The third kappa shape index (κ3) is 7.93. The summed E-state index contributed by atoms with van der Waals surface area (Å²) in [5.41, 5.74) is 18.8. The summed E-state index contributed by atoms with van der Waals surface area (Å²) < 4.78 is 23.0. The van der Waals surface area contributed by atoms with Crippen molar-refractivity contribution in [1.82, 2.24) is 0 Å². The Hall–Kier alpha value is -10.3. The fourth-order valence-electron chi connectivity index (χ4n) is 14.1. The Kier molecular flexibility index (Phi) is 12.1. The van der Waals surface area contributed by atoms with Crippen molar-refractivity contribution >= 4 is 133 Å². The predicted octanol–water partition coefficient (Wildman–Crippen LogP) is 24.1. The number of halogens is 2. The van der Waals surface area contributed by atoms with Crippen LogP contribution in [0.5, 0.6) is 5.75 Å². The summed E-state index contributed by atoms with van der Waals surface area (Å²) in [6.07, 6.45) is 3.52. The smallest absolute Gasteiger partial charge is 0.143 e. The van der Waals surface area contributed by atoms with Crippen molar-refractivity contribution in [2.45, 2.75) is 12.3 Å². The molecule has 1 aliphatic heterocycles. The van der Waals surface area contributed by atoms with E-state index < -0.39 is 5.41 Å². The summed E-state index contributed by atoms with van der Waals surface area (Å²) in [7, 11) is 0. The molecule has 2 aliphatic rings. The zero-order valence-corrected chi connectivity index (χ0v) is 49.8. The third-order valence-electron chi connectivity index (χ3n) is 17.8. The van der Waals surface area contributed by atoms with E-state index in [1.54, 1.807) is 6.08 Å². The highest BCUT2D eigenvalue weighted by molar-refractivity contribution is 7.26. The average molecular weight is 1190 g/mol. The minimum Gasteiger partial charge on any atom is -0.457 e. The van der Waals surface area contributed by atoms with Gasteiger partial charge in [0.05, 0.1) is 11.1 Å². The van der Waals surface area contributed by atoms with E-state index in [1.807, 2.05) is 41.7 Å². The van der Waals surface area contributed by atoms with E-state index in [9.17, 15) is 0 Å². The van der Waals surface area contributed by atoms with Crippen LogP contribution in [0, 0.1) is 0 Å². The molecule has 17 rings (SSSR count). The molecule has 5 nitrogen and oxygen atoms in total. The molecule has 4 heterocycles. The molecule has 1 spiro atoms. The summed E-state index contributed by atoms with van der Waals surface area (Å²) in [6, 6.07) is 93.1. The minimum absolute atomic E-state index is 0.453. The normalized spacial score (nSPS) is 14.5. The molecule has 3 aromatic heterocycles. The van der Waals surface area contributed by atoms with E-state index in [0.29, 0.717) is 21.6 Å². The van der Waals surface area contributed by atoms with Gasteiger partial charge in [-0.25, -0.2) is 0 Å². The molecule has 8 heteroatoms. The molecule has 1 unspecified atom stereocenters. The maximum absolute atomic E-state index is 6.97. The Morgan fingerprint density at radius 1 is 0.466 bits per heavy atom. The van der Waals surface area contributed by atoms with Crippen molar-refractivity contribution in [2.75, 3.05) is 9.80 Å². The Balaban J connectivity index is 0.973. The molecule has 0 radical (unpaired) electrons. The van der Waals surface area contributed by atoms with Crippen molar-refractivity contribution < 1.29 is 13.6 Å². The number of nitrogens with zero attached hydrogens (tertiary/aromatic N) is 2. The van der Waals surface area contributed by atoms with Crippen LogP contribution in [-0.2, 0) is 5.41 Å². The van der Waals surface area contributed by atoms with Crippen LogP contribution in [0.2, 0.25) is 5.02 Å². The summed E-state index contributed by atoms with van der Waals surface area (Å²) in [6.45, 7) is 6.22. The van der Waals surface area contributed by atoms with Crippen molar-refractivity contribution in [3.05, 3.63) is 318 Å². The average Bonchev–Trinajstić information content (AvgIpc) is 1.53. The highest BCUT2D eigenvalue weighted by Gasteiger charge is 2.52. The Labute approximate surface area is 521 Å². The molecule has 12 aromatic carbocycles. The van der Waals surface area contributed by atoms with Crippen LogP contribution in [0.25, 0.3) is 97.4 Å². The van der Waals surface area contributed by atoms with Gasteiger partial charge in [-0.3, -0.25) is 0 Å². The molecule has 0 bridgehead atoms. The minimum atomic E-state index is -0.908. The number of furan rings is 2. The van der Waals surface area contributed by atoms with Gasteiger partial charge in [0, 0.05) is 108 Å². The maximum atomic E-state index is 6.97. The Morgan fingerprint density at radius 2 is 1.06 bits per heavy atom. The number of fused-ring (bicyclic) bond motifs is 16. The van der Waals surface area contributed by atoms with Crippen molar-refractivity contribution in [2.24, 2.45) is 0 Å². The molecule has 0 saturated heterocycles. The second-order valence-corrected chi connectivity index (χ2v) is 24.5. The number of benzene rings is 12. The molecular formula is C80H50Cl2N2O3S. The van der Waals surface area contributed by atoms with Gasteiger partial charge >= 0.3 is 0 Å². The van der Waals surface area contributed by atoms with Gasteiger partial charge in [0.15, 0.2) is 0 Å². The molecule has 0 amide bonds. The van der Waals surface area contributed by atoms with Crippen LogP contribution in [0.15, 0.2) is 305 Å². The Morgan fingerprint density at radius 3 is 1.81 bits per heavy atom. The fraction of sp³-hybridized carbons (Fsp3) is 0.0250. The van der Waals surface area contributed by atoms with Crippen LogP contribution < -0.4 is 14.5 Å². The third-order valence-corrected chi connectivity index (χ3v) is 19.6. The van der Waals surface area contributed by atoms with E-state index in [4.69, 9.17) is 36.8 Å². The van der Waals surface area contributed by atoms with Gasteiger partial charge in [-0.05, 0) is 138 Å². The SMILES string of the molecule is C=C/C(Cl)=C\C1=C(C)C2(c3ccc(Cl)cc3O1)c1ccc(N(c3ccccc3)c3cc(-c4cccc5c4oc4ccccc45)c4sc5ccccc5c4c3)cc1-c1c(N(c3ccccc3)c3cc(-c4ccccc4)c4oc5ccccc5c4c3)cccc12. The second-order valence-electron chi connectivity index (χ2n) is 22.6. The van der Waals surface area contributed by atoms with Crippen molar-refractivity contribution in [3.63, 3.8) is 0 Å². The van der Waals surface area contributed by atoms with Crippen LogP contribution in [-0.4, -0.2) is 0 Å². The summed E-state index contributed by atoms with van der Waals surface area (Å²) in [5.74, 6) is 1.26.